The van der Waals surface area contributed by atoms with E-state index in [1.165, 1.54) is 16.7 Å². The predicted octanol–water partition coefficient (Wildman–Crippen LogP) is 3.30. The van der Waals surface area contributed by atoms with Crippen molar-refractivity contribution in [3.05, 3.63) is 65.2 Å². The van der Waals surface area contributed by atoms with Crippen molar-refractivity contribution in [3.63, 3.8) is 0 Å². The Kier molecular flexibility index (Phi) is 4.58. The maximum absolute atomic E-state index is 9.23. The molecule has 0 unspecified atom stereocenters. The van der Waals surface area contributed by atoms with Gasteiger partial charge >= 0.3 is 0 Å². The lowest BCUT2D eigenvalue weighted by atomic mass is 10.1. The highest BCUT2D eigenvalue weighted by Crippen LogP contribution is 2.18. The second-order valence-electron chi connectivity index (χ2n) is 4.97. The van der Waals surface area contributed by atoms with Gasteiger partial charge in [0.15, 0.2) is 0 Å². The van der Waals surface area contributed by atoms with Crippen molar-refractivity contribution in [2.45, 2.75) is 20.4 Å². The summed E-state index contributed by atoms with van der Waals surface area (Å²) < 4.78 is 0. The summed E-state index contributed by atoms with van der Waals surface area (Å²) in [7, 11) is 0. The Hall–Kier alpha value is -1.80. The number of hydrogen-bond donors (Lipinski definition) is 1. The van der Waals surface area contributed by atoms with Gasteiger partial charge in [0.1, 0.15) is 0 Å². The van der Waals surface area contributed by atoms with Crippen molar-refractivity contribution in [2.24, 2.45) is 0 Å². The van der Waals surface area contributed by atoms with Crippen LogP contribution in [-0.4, -0.2) is 18.3 Å². The summed E-state index contributed by atoms with van der Waals surface area (Å²) in [6.45, 7) is 5.82. The topological polar surface area (TPSA) is 23.5 Å². The molecule has 0 amide bonds. The van der Waals surface area contributed by atoms with Crippen LogP contribution in [0, 0.1) is 13.8 Å². The maximum Gasteiger partial charge on any atom is 0.0606 e. The molecule has 100 valence electrons. The molecule has 2 heteroatoms. The van der Waals surface area contributed by atoms with Crippen molar-refractivity contribution >= 4 is 5.69 Å². The zero-order valence-electron chi connectivity index (χ0n) is 11.6. The molecule has 0 fully saturated rings. The number of benzene rings is 2. The first-order chi connectivity index (χ1) is 9.19. The second-order valence-corrected chi connectivity index (χ2v) is 4.97. The minimum atomic E-state index is 0.166. The Morgan fingerprint density at radius 1 is 0.842 bits per heavy atom. The average molecular weight is 255 g/mol. The monoisotopic (exact) mass is 255 g/mol. The van der Waals surface area contributed by atoms with Crippen LogP contribution in [-0.2, 0) is 6.54 Å². The fraction of sp³-hybridized carbons (Fsp3) is 0.294. The summed E-state index contributed by atoms with van der Waals surface area (Å²) in [6, 6.07) is 17.0. The number of rotatable bonds is 5. The molecule has 2 aromatic carbocycles. The third-order valence-corrected chi connectivity index (χ3v) is 3.26. The lowest BCUT2D eigenvalue weighted by molar-refractivity contribution is 0.301. The van der Waals surface area contributed by atoms with Gasteiger partial charge in [0, 0.05) is 18.8 Å². The highest BCUT2D eigenvalue weighted by molar-refractivity contribution is 5.48. The van der Waals surface area contributed by atoms with E-state index in [1.54, 1.807) is 0 Å². The van der Waals surface area contributed by atoms with Crippen molar-refractivity contribution in [1.82, 2.24) is 0 Å². The van der Waals surface area contributed by atoms with Crippen LogP contribution in [0.15, 0.2) is 48.5 Å². The zero-order chi connectivity index (χ0) is 13.7. The minimum absolute atomic E-state index is 0.166. The van der Waals surface area contributed by atoms with Gasteiger partial charge in [-0.3, -0.25) is 0 Å². The molecule has 2 nitrogen and oxygen atoms in total. The molecule has 0 bridgehead atoms. The first kappa shape index (κ1) is 13.6. The van der Waals surface area contributed by atoms with E-state index >= 15 is 0 Å². The molecule has 1 N–H and O–H groups in total. The van der Waals surface area contributed by atoms with Crippen LogP contribution in [0.25, 0.3) is 0 Å². The highest BCUT2D eigenvalue weighted by Gasteiger charge is 2.06. The average Bonchev–Trinajstić information content (AvgIpc) is 2.42. The SMILES string of the molecule is Cc1ccc(CN(CCO)c2ccc(C)cc2)cc1. The van der Waals surface area contributed by atoms with Gasteiger partial charge in [-0.05, 0) is 31.5 Å². The Labute approximate surface area is 115 Å². The third kappa shape index (κ3) is 3.83. The van der Waals surface area contributed by atoms with Gasteiger partial charge in [0.25, 0.3) is 0 Å². The maximum atomic E-state index is 9.23. The molecule has 0 aromatic heterocycles. The summed E-state index contributed by atoms with van der Waals surface area (Å²) >= 11 is 0. The fourth-order valence-electron chi connectivity index (χ4n) is 2.09. The zero-order valence-corrected chi connectivity index (χ0v) is 11.6. The lowest BCUT2D eigenvalue weighted by Gasteiger charge is -2.24. The van der Waals surface area contributed by atoms with Crippen LogP contribution in [0.4, 0.5) is 5.69 Å². The number of aliphatic hydroxyl groups excluding tert-OH is 1. The van der Waals surface area contributed by atoms with Gasteiger partial charge in [-0.15, -0.1) is 0 Å². The van der Waals surface area contributed by atoms with E-state index in [4.69, 9.17) is 0 Å². The smallest absolute Gasteiger partial charge is 0.0606 e. The van der Waals surface area contributed by atoms with Gasteiger partial charge in [0.2, 0.25) is 0 Å². The highest BCUT2D eigenvalue weighted by atomic mass is 16.3. The van der Waals surface area contributed by atoms with Crippen LogP contribution < -0.4 is 4.90 Å². The third-order valence-electron chi connectivity index (χ3n) is 3.26. The summed E-state index contributed by atoms with van der Waals surface area (Å²) in [5.74, 6) is 0. The van der Waals surface area contributed by atoms with Crippen molar-refractivity contribution in [3.8, 4) is 0 Å². The van der Waals surface area contributed by atoms with Gasteiger partial charge < -0.3 is 10.0 Å². The van der Waals surface area contributed by atoms with Gasteiger partial charge in [-0.1, -0.05) is 47.5 Å². The van der Waals surface area contributed by atoms with E-state index in [0.717, 1.165) is 12.2 Å². The Bertz CT molecular complexity index is 502. The van der Waals surface area contributed by atoms with E-state index in [9.17, 15) is 5.11 Å². The number of hydrogen-bond acceptors (Lipinski definition) is 2. The second kappa shape index (κ2) is 6.39. The molecule has 0 saturated heterocycles. The molecule has 0 aliphatic heterocycles. The summed E-state index contributed by atoms with van der Waals surface area (Å²) in [4.78, 5) is 2.20. The molecule has 0 saturated carbocycles. The van der Waals surface area contributed by atoms with Crippen LogP contribution >= 0.6 is 0 Å². The molecule has 0 spiro atoms. The largest absolute Gasteiger partial charge is 0.395 e. The summed E-state index contributed by atoms with van der Waals surface area (Å²) in [5.41, 5.74) is 4.94. The number of aryl methyl sites for hydroxylation is 2. The number of aliphatic hydroxyl groups is 1. The standard InChI is InChI=1S/C17H21NO/c1-14-3-7-16(8-4-14)13-18(11-12-19)17-9-5-15(2)6-10-17/h3-10,19H,11-13H2,1-2H3. The van der Waals surface area contributed by atoms with Crippen LogP contribution in [0.1, 0.15) is 16.7 Å². The van der Waals surface area contributed by atoms with Gasteiger partial charge in [-0.2, -0.15) is 0 Å². The van der Waals surface area contributed by atoms with Crippen molar-refractivity contribution in [2.75, 3.05) is 18.1 Å². The van der Waals surface area contributed by atoms with Crippen LogP contribution in [0.2, 0.25) is 0 Å². The molecule has 0 heterocycles. The number of nitrogens with zero attached hydrogens (tertiary/aromatic N) is 1. The van der Waals surface area contributed by atoms with E-state index in [0.29, 0.717) is 6.54 Å². The molecule has 0 atom stereocenters. The van der Waals surface area contributed by atoms with Crippen LogP contribution in [0.5, 0.6) is 0 Å². The van der Waals surface area contributed by atoms with Gasteiger partial charge in [-0.25, -0.2) is 0 Å². The molecule has 2 aromatic rings. The molecule has 0 aliphatic carbocycles. The summed E-state index contributed by atoms with van der Waals surface area (Å²) in [6.07, 6.45) is 0. The molecule has 2 rings (SSSR count). The van der Waals surface area contributed by atoms with Crippen LogP contribution in [0.3, 0.4) is 0 Å². The fourth-order valence-corrected chi connectivity index (χ4v) is 2.09. The first-order valence-electron chi connectivity index (χ1n) is 6.67. The quantitative estimate of drug-likeness (QED) is 0.886. The summed E-state index contributed by atoms with van der Waals surface area (Å²) in [5, 5.41) is 9.23. The molecular weight excluding hydrogens is 234 g/mol. The first-order valence-corrected chi connectivity index (χ1v) is 6.67. The molecule has 0 radical (unpaired) electrons. The Morgan fingerprint density at radius 3 is 1.89 bits per heavy atom. The van der Waals surface area contributed by atoms with E-state index < -0.39 is 0 Å². The Morgan fingerprint density at radius 2 is 1.37 bits per heavy atom. The van der Waals surface area contributed by atoms with E-state index in [-0.39, 0.29) is 6.61 Å². The lowest BCUT2D eigenvalue weighted by Crippen LogP contribution is -2.26. The normalized spacial score (nSPS) is 10.5. The minimum Gasteiger partial charge on any atom is -0.395 e. The molecule has 0 aliphatic rings. The van der Waals surface area contributed by atoms with E-state index in [2.05, 4.69) is 67.3 Å². The van der Waals surface area contributed by atoms with Gasteiger partial charge in [0.05, 0.1) is 6.61 Å². The molecular formula is C17H21NO. The van der Waals surface area contributed by atoms with Crippen molar-refractivity contribution in [1.29, 1.82) is 0 Å². The molecule has 19 heavy (non-hydrogen) atoms. The predicted molar refractivity (Wildman–Crippen MR) is 80.5 cm³/mol. The van der Waals surface area contributed by atoms with Crippen molar-refractivity contribution < 1.29 is 5.11 Å². The number of anilines is 1. The van der Waals surface area contributed by atoms with E-state index in [1.807, 2.05) is 0 Å². The Balaban J connectivity index is 2.15.